The lowest BCUT2D eigenvalue weighted by Crippen LogP contribution is -2.06. The highest BCUT2D eigenvalue weighted by molar-refractivity contribution is 5.85. The number of rotatable bonds is 2. The molecule has 0 saturated heterocycles. The molecule has 1 N–H and O–H groups in total. The minimum Gasteiger partial charge on any atom is -0.348 e. The molecule has 2 nitrogen and oxygen atoms in total. The Kier molecular flexibility index (Phi) is 2.49. The van der Waals surface area contributed by atoms with Gasteiger partial charge in [-0.25, -0.2) is 4.39 Å². The fraction of sp³-hybridized carbons (Fsp3) is 0.333. The summed E-state index contributed by atoms with van der Waals surface area (Å²) in [5.74, 6) is -0.181. The van der Waals surface area contributed by atoms with Gasteiger partial charge in [0.25, 0.3) is 0 Å². The lowest BCUT2D eigenvalue weighted by molar-refractivity contribution is 0.629. The van der Waals surface area contributed by atoms with Crippen molar-refractivity contribution in [2.75, 3.05) is 7.05 Å². The van der Waals surface area contributed by atoms with Crippen LogP contribution >= 0.6 is 0 Å². The maximum atomic E-state index is 13.1. The van der Waals surface area contributed by atoms with E-state index in [2.05, 4.69) is 12.2 Å². The summed E-state index contributed by atoms with van der Waals surface area (Å²) < 4.78 is 15.1. The molecule has 0 fully saturated rings. The summed E-state index contributed by atoms with van der Waals surface area (Å²) in [4.78, 5) is 0. The van der Waals surface area contributed by atoms with E-state index in [4.69, 9.17) is 0 Å². The molecular weight excluding hydrogens is 191 g/mol. The molecule has 0 aliphatic heterocycles. The third-order valence-electron chi connectivity index (χ3n) is 2.94. The van der Waals surface area contributed by atoms with Crippen LogP contribution in [-0.4, -0.2) is 11.6 Å². The van der Waals surface area contributed by atoms with Crippen LogP contribution in [0.3, 0.4) is 0 Å². The van der Waals surface area contributed by atoms with Crippen LogP contribution in [-0.2, 0) is 13.6 Å². The first kappa shape index (κ1) is 10.2. The number of benzene rings is 1. The number of halogens is 1. The van der Waals surface area contributed by atoms with Crippen LogP contribution in [0.2, 0.25) is 0 Å². The van der Waals surface area contributed by atoms with Gasteiger partial charge in [-0.1, -0.05) is 0 Å². The molecule has 80 valence electrons. The van der Waals surface area contributed by atoms with Gasteiger partial charge in [-0.15, -0.1) is 0 Å². The highest BCUT2D eigenvalue weighted by atomic mass is 19.1. The van der Waals surface area contributed by atoms with Gasteiger partial charge < -0.3 is 9.88 Å². The Balaban J connectivity index is 2.75. The molecule has 15 heavy (non-hydrogen) atoms. The van der Waals surface area contributed by atoms with Gasteiger partial charge in [-0.05, 0) is 37.7 Å². The maximum Gasteiger partial charge on any atom is 0.125 e. The second kappa shape index (κ2) is 3.66. The van der Waals surface area contributed by atoms with Crippen LogP contribution in [0.15, 0.2) is 18.2 Å². The van der Waals surface area contributed by atoms with Crippen molar-refractivity contribution in [1.29, 1.82) is 0 Å². The average molecular weight is 206 g/mol. The maximum absolute atomic E-state index is 13.1. The van der Waals surface area contributed by atoms with Gasteiger partial charge in [-0.2, -0.15) is 0 Å². The third-order valence-corrected chi connectivity index (χ3v) is 2.94. The Bertz CT molecular complexity index is 500. The molecule has 2 rings (SSSR count). The van der Waals surface area contributed by atoms with Crippen molar-refractivity contribution >= 4 is 10.9 Å². The normalized spacial score (nSPS) is 11.2. The van der Waals surface area contributed by atoms with Gasteiger partial charge >= 0.3 is 0 Å². The van der Waals surface area contributed by atoms with E-state index in [9.17, 15) is 4.39 Å². The predicted octanol–water partition coefficient (Wildman–Crippen LogP) is 2.35. The summed E-state index contributed by atoms with van der Waals surface area (Å²) in [6, 6.07) is 4.95. The van der Waals surface area contributed by atoms with E-state index in [1.807, 2.05) is 24.7 Å². The fourth-order valence-corrected chi connectivity index (χ4v) is 2.02. The first-order valence-corrected chi connectivity index (χ1v) is 5.03. The van der Waals surface area contributed by atoms with Crippen LogP contribution in [0.5, 0.6) is 0 Å². The Morgan fingerprint density at radius 2 is 2.13 bits per heavy atom. The topological polar surface area (TPSA) is 17.0 Å². The Morgan fingerprint density at radius 3 is 2.80 bits per heavy atom. The van der Waals surface area contributed by atoms with Crippen LogP contribution in [0.25, 0.3) is 10.9 Å². The zero-order valence-electron chi connectivity index (χ0n) is 9.26. The van der Waals surface area contributed by atoms with Gasteiger partial charge in [-0.3, -0.25) is 0 Å². The van der Waals surface area contributed by atoms with Gasteiger partial charge in [0.2, 0.25) is 0 Å². The molecule has 1 aromatic carbocycles. The number of fused-ring (bicyclic) bond motifs is 1. The summed E-state index contributed by atoms with van der Waals surface area (Å²) in [6.07, 6.45) is 0. The fourth-order valence-electron chi connectivity index (χ4n) is 2.02. The molecule has 0 saturated carbocycles. The molecule has 0 amide bonds. The van der Waals surface area contributed by atoms with Gasteiger partial charge in [0.05, 0.1) is 5.52 Å². The zero-order chi connectivity index (χ0) is 11.0. The van der Waals surface area contributed by atoms with Gasteiger partial charge in [0.1, 0.15) is 5.82 Å². The highest BCUT2D eigenvalue weighted by Crippen LogP contribution is 2.25. The van der Waals surface area contributed by atoms with E-state index in [1.54, 1.807) is 6.07 Å². The lowest BCUT2D eigenvalue weighted by atomic mass is 10.1. The number of nitrogens with one attached hydrogen (secondary N) is 1. The Morgan fingerprint density at radius 1 is 1.40 bits per heavy atom. The molecule has 0 unspecified atom stereocenters. The third kappa shape index (κ3) is 1.53. The molecule has 0 bridgehead atoms. The summed E-state index contributed by atoms with van der Waals surface area (Å²) >= 11 is 0. The smallest absolute Gasteiger partial charge is 0.125 e. The molecule has 0 radical (unpaired) electrons. The highest BCUT2D eigenvalue weighted by Gasteiger charge is 2.11. The number of aromatic nitrogens is 1. The first-order chi connectivity index (χ1) is 7.15. The molecule has 0 atom stereocenters. The average Bonchev–Trinajstić information content (AvgIpc) is 2.44. The van der Waals surface area contributed by atoms with Crippen LogP contribution in [0.1, 0.15) is 11.3 Å². The Hall–Kier alpha value is -1.35. The van der Waals surface area contributed by atoms with E-state index < -0.39 is 0 Å². The number of hydrogen-bond donors (Lipinski definition) is 1. The predicted molar refractivity (Wildman–Crippen MR) is 60.4 cm³/mol. The molecular formula is C12H15FN2. The summed E-state index contributed by atoms with van der Waals surface area (Å²) in [7, 11) is 3.89. The van der Waals surface area contributed by atoms with Crippen LogP contribution in [0.4, 0.5) is 4.39 Å². The molecule has 3 heteroatoms. The SMILES string of the molecule is CNCc1c(C)n(C)c2cc(F)ccc12. The molecule has 0 spiro atoms. The monoisotopic (exact) mass is 206 g/mol. The van der Waals surface area contributed by atoms with Gasteiger partial charge in [0, 0.05) is 24.7 Å². The standard InChI is InChI=1S/C12H15FN2/c1-8-11(7-14-2)10-5-4-9(13)6-12(10)15(8)3/h4-6,14H,7H2,1-3H3. The van der Waals surface area contributed by atoms with Crippen LogP contribution < -0.4 is 5.32 Å². The quantitative estimate of drug-likeness (QED) is 0.798. The van der Waals surface area contributed by atoms with E-state index in [-0.39, 0.29) is 5.82 Å². The molecule has 1 heterocycles. The molecule has 1 aromatic heterocycles. The second-order valence-corrected chi connectivity index (χ2v) is 3.81. The minimum absolute atomic E-state index is 0.181. The summed E-state index contributed by atoms with van der Waals surface area (Å²) in [6.45, 7) is 2.87. The number of nitrogens with zero attached hydrogens (tertiary/aromatic N) is 1. The molecule has 0 aliphatic carbocycles. The van der Waals surface area contributed by atoms with Crippen LogP contribution in [0, 0.1) is 12.7 Å². The molecule has 2 aromatic rings. The second-order valence-electron chi connectivity index (χ2n) is 3.81. The van der Waals surface area contributed by atoms with Crippen molar-refractivity contribution in [2.24, 2.45) is 7.05 Å². The first-order valence-electron chi connectivity index (χ1n) is 5.03. The van der Waals surface area contributed by atoms with Gasteiger partial charge in [0.15, 0.2) is 0 Å². The van der Waals surface area contributed by atoms with E-state index >= 15 is 0 Å². The van der Waals surface area contributed by atoms with E-state index in [0.29, 0.717) is 0 Å². The summed E-state index contributed by atoms with van der Waals surface area (Å²) in [5, 5.41) is 4.27. The lowest BCUT2D eigenvalue weighted by Gasteiger charge is -2.00. The van der Waals surface area contributed by atoms with Crippen molar-refractivity contribution in [3.05, 3.63) is 35.3 Å². The number of aryl methyl sites for hydroxylation is 1. The van der Waals surface area contributed by atoms with E-state index in [0.717, 1.165) is 17.4 Å². The minimum atomic E-state index is -0.181. The molecule has 0 aliphatic rings. The van der Waals surface area contributed by atoms with Crippen molar-refractivity contribution in [3.63, 3.8) is 0 Å². The van der Waals surface area contributed by atoms with Crippen molar-refractivity contribution in [1.82, 2.24) is 9.88 Å². The van der Waals surface area contributed by atoms with Crippen molar-refractivity contribution in [2.45, 2.75) is 13.5 Å². The van der Waals surface area contributed by atoms with Crippen molar-refractivity contribution < 1.29 is 4.39 Å². The Labute approximate surface area is 88.7 Å². The largest absolute Gasteiger partial charge is 0.348 e. The van der Waals surface area contributed by atoms with Crippen molar-refractivity contribution in [3.8, 4) is 0 Å². The zero-order valence-corrected chi connectivity index (χ0v) is 9.26. The van der Waals surface area contributed by atoms with E-state index in [1.165, 1.54) is 17.3 Å². The number of hydrogen-bond acceptors (Lipinski definition) is 1. The summed E-state index contributed by atoms with van der Waals surface area (Å²) in [5.41, 5.74) is 3.39.